The first-order chi connectivity index (χ1) is 10.2. The number of esters is 1. The number of carbonyl (C=O) groups is 1. The molecule has 1 aromatic carbocycles. The molecule has 0 fully saturated rings. The van der Waals surface area contributed by atoms with Gasteiger partial charge in [-0.05, 0) is 13.3 Å². The van der Waals surface area contributed by atoms with Crippen molar-refractivity contribution in [3.05, 3.63) is 48.6 Å². The molecular weight excluding hydrogens is 342 g/mol. The Balaban J connectivity index is 0.00000441. The van der Waals surface area contributed by atoms with Gasteiger partial charge in [0, 0.05) is 18.1 Å². The van der Waals surface area contributed by atoms with E-state index in [1.54, 1.807) is 0 Å². The summed E-state index contributed by atoms with van der Waals surface area (Å²) >= 11 is 0. The minimum atomic E-state index is -0.330. The van der Waals surface area contributed by atoms with Crippen LogP contribution in [0.1, 0.15) is 32.3 Å². The molecule has 124 valence electrons. The van der Waals surface area contributed by atoms with E-state index in [-0.39, 0.29) is 23.0 Å². The molecule has 0 aliphatic heterocycles. The van der Waals surface area contributed by atoms with E-state index in [0.717, 1.165) is 43.5 Å². The van der Waals surface area contributed by atoms with E-state index in [1.807, 2.05) is 0 Å². The van der Waals surface area contributed by atoms with E-state index in [2.05, 4.69) is 50.8 Å². The van der Waals surface area contributed by atoms with Crippen molar-refractivity contribution in [1.82, 2.24) is 0 Å². The molecule has 0 saturated heterocycles. The van der Waals surface area contributed by atoms with E-state index in [1.165, 1.54) is 11.6 Å². The molecule has 0 radical (unpaired) electrons. The smallest absolute Gasteiger partial charge is 0.330 e. The van der Waals surface area contributed by atoms with Crippen LogP contribution in [0.15, 0.2) is 43.0 Å². The van der Waals surface area contributed by atoms with Crippen LogP contribution in [0, 0.1) is 0 Å². The molecule has 1 aromatic rings. The van der Waals surface area contributed by atoms with Crippen LogP contribution in [-0.4, -0.2) is 36.7 Å². The van der Waals surface area contributed by atoms with E-state index in [9.17, 15) is 4.79 Å². The van der Waals surface area contributed by atoms with Crippen molar-refractivity contribution in [2.24, 2.45) is 0 Å². The van der Waals surface area contributed by atoms with Gasteiger partial charge in [-0.3, -0.25) is 0 Å². The van der Waals surface area contributed by atoms with Crippen LogP contribution >= 0.6 is 0 Å². The van der Waals surface area contributed by atoms with Crippen LogP contribution in [-0.2, 0) is 16.1 Å². The molecule has 1 unspecified atom stereocenters. The fourth-order valence-corrected chi connectivity index (χ4v) is 2.77. The molecule has 0 N–H and O–H groups in total. The molecule has 1 rings (SSSR count). The lowest BCUT2D eigenvalue weighted by molar-refractivity contribution is -0.939. The lowest BCUT2D eigenvalue weighted by Crippen LogP contribution is -3.00. The van der Waals surface area contributed by atoms with Gasteiger partial charge in [-0.25, -0.2) is 4.79 Å². The number of nitrogens with zero attached hydrogens (tertiary/aromatic N) is 1. The van der Waals surface area contributed by atoms with Gasteiger partial charge in [0.25, 0.3) is 0 Å². The number of halogens is 1. The van der Waals surface area contributed by atoms with Crippen molar-refractivity contribution >= 4 is 5.97 Å². The second kappa shape index (κ2) is 11.4. The molecule has 0 aliphatic rings. The molecule has 0 heterocycles. The molecule has 0 aromatic heterocycles. The summed E-state index contributed by atoms with van der Waals surface area (Å²) in [5, 5.41) is 0. The summed E-state index contributed by atoms with van der Waals surface area (Å²) in [7, 11) is 0. The van der Waals surface area contributed by atoms with Crippen molar-refractivity contribution in [1.29, 1.82) is 0 Å². The fraction of sp³-hybridized carbons (Fsp3) is 0.500. The number of ether oxygens (including phenoxy) is 1. The minimum absolute atomic E-state index is 0. The fourth-order valence-electron chi connectivity index (χ4n) is 2.77. The molecule has 0 amide bonds. The predicted octanol–water partition coefficient (Wildman–Crippen LogP) is 0.557. The maximum absolute atomic E-state index is 11.1. The normalized spacial score (nSPS) is 12.8. The summed E-state index contributed by atoms with van der Waals surface area (Å²) < 4.78 is 6.14. The highest BCUT2D eigenvalue weighted by atomic mass is 79.9. The first-order valence-electron chi connectivity index (χ1n) is 7.84. The van der Waals surface area contributed by atoms with E-state index < -0.39 is 0 Å². The zero-order valence-electron chi connectivity index (χ0n) is 13.8. The molecule has 0 saturated carbocycles. The highest BCUT2D eigenvalue weighted by molar-refractivity contribution is 5.81. The third-order valence-electron chi connectivity index (χ3n) is 3.92. The maximum atomic E-state index is 11.1. The van der Waals surface area contributed by atoms with E-state index in [0.29, 0.717) is 6.61 Å². The van der Waals surface area contributed by atoms with Gasteiger partial charge in [0.2, 0.25) is 0 Å². The number of carbonyl (C=O) groups excluding carboxylic acids is 1. The van der Waals surface area contributed by atoms with Crippen LogP contribution in [0.3, 0.4) is 0 Å². The summed E-state index contributed by atoms with van der Waals surface area (Å²) in [6.07, 6.45) is 3.27. The predicted molar refractivity (Wildman–Crippen MR) is 86.7 cm³/mol. The average molecular weight is 370 g/mol. The highest BCUT2D eigenvalue weighted by Gasteiger charge is 2.24. The topological polar surface area (TPSA) is 26.3 Å². The van der Waals surface area contributed by atoms with Gasteiger partial charge in [0.15, 0.2) is 0 Å². The number of quaternary nitrogens is 1. The van der Waals surface area contributed by atoms with Crippen molar-refractivity contribution in [2.45, 2.75) is 33.2 Å². The third kappa shape index (κ3) is 7.23. The lowest BCUT2D eigenvalue weighted by Gasteiger charge is -2.38. The molecule has 0 aliphatic carbocycles. The molecule has 1 atom stereocenters. The summed E-state index contributed by atoms with van der Waals surface area (Å²) in [6, 6.07) is 10.6. The Morgan fingerprint density at radius 2 is 1.91 bits per heavy atom. The van der Waals surface area contributed by atoms with Gasteiger partial charge < -0.3 is 26.2 Å². The van der Waals surface area contributed by atoms with Gasteiger partial charge in [-0.15, -0.1) is 0 Å². The Morgan fingerprint density at radius 3 is 2.45 bits per heavy atom. The first kappa shape index (κ1) is 20.9. The van der Waals surface area contributed by atoms with Gasteiger partial charge in [0.1, 0.15) is 6.54 Å². The zero-order valence-corrected chi connectivity index (χ0v) is 15.3. The van der Waals surface area contributed by atoms with Gasteiger partial charge in [0.05, 0.1) is 26.2 Å². The number of rotatable bonds is 10. The lowest BCUT2D eigenvalue weighted by atomic mass is 10.1. The SMILES string of the molecule is C=CC(=O)OCCC[N+](CC)(CCC)Cc1ccccc1.[Br-]. The summed E-state index contributed by atoms with van der Waals surface area (Å²) in [4.78, 5) is 11.1. The molecule has 0 bridgehead atoms. The Morgan fingerprint density at radius 1 is 1.23 bits per heavy atom. The summed E-state index contributed by atoms with van der Waals surface area (Å²) in [5.41, 5.74) is 1.37. The average Bonchev–Trinajstić information content (AvgIpc) is 2.52. The Kier molecular flexibility index (Phi) is 10.9. The van der Waals surface area contributed by atoms with Crippen LogP contribution in [0.25, 0.3) is 0 Å². The van der Waals surface area contributed by atoms with Crippen molar-refractivity contribution < 1.29 is 31.0 Å². The minimum Gasteiger partial charge on any atom is -1.00 e. The highest BCUT2D eigenvalue weighted by Crippen LogP contribution is 2.16. The van der Waals surface area contributed by atoms with Crippen molar-refractivity contribution in [2.75, 3.05) is 26.2 Å². The van der Waals surface area contributed by atoms with Crippen LogP contribution in [0.2, 0.25) is 0 Å². The standard InChI is InChI=1S/C18H28NO2.BrH/c1-4-13-19(6-3,14-10-15-21-18(20)5-2)16-17-11-8-7-9-12-17;/h5,7-9,11-12H,2,4,6,10,13-16H2,1,3H3;1H/q+1;/p-1. The monoisotopic (exact) mass is 369 g/mol. The Bertz CT molecular complexity index is 436. The van der Waals surface area contributed by atoms with Crippen LogP contribution in [0.4, 0.5) is 0 Å². The van der Waals surface area contributed by atoms with Crippen molar-refractivity contribution in [3.63, 3.8) is 0 Å². The number of hydrogen-bond acceptors (Lipinski definition) is 2. The van der Waals surface area contributed by atoms with Gasteiger partial charge >= 0.3 is 5.97 Å². The summed E-state index contributed by atoms with van der Waals surface area (Å²) in [6.45, 7) is 12.7. The van der Waals surface area contributed by atoms with Crippen LogP contribution < -0.4 is 17.0 Å². The largest absolute Gasteiger partial charge is 1.00 e. The molecule has 22 heavy (non-hydrogen) atoms. The maximum Gasteiger partial charge on any atom is 0.330 e. The van der Waals surface area contributed by atoms with Crippen LogP contribution in [0.5, 0.6) is 0 Å². The van der Waals surface area contributed by atoms with E-state index in [4.69, 9.17) is 4.74 Å². The number of benzene rings is 1. The Hall–Kier alpha value is -1.13. The zero-order chi connectivity index (χ0) is 15.6. The number of hydrogen-bond donors (Lipinski definition) is 0. The third-order valence-corrected chi connectivity index (χ3v) is 3.92. The summed E-state index contributed by atoms with van der Waals surface area (Å²) in [5.74, 6) is -0.330. The second-order valence-electron chi connectivity index (χ2n) is 5.47. The quantitative estimate of drug-likeness (QED) is 0.260. The molecule has 4 heteroatoms. The van der Waals surface area contributed by atoms with E-state index >= 15 is 0 Å². The van der Waals surface area contributed by atoms with Crippen molar-refractivity contribution in [3.8, 4) is 0 Å². The molecular formula is C18H28BrNO2. The first-order valence-corrected chi connectivity index (χ1v) is 7.84. The molecule has 0 spiro atoms. The van der Waals surface area contributed by atoms with Gasteiger partial charge in [-0.1, -0.05) is 43.8 Å². The Labute approximate surface area is 145 Å². The second-order valence-corrected chi connectivity index (χ2v) is 5.47. The van der Waals surface area contributed by atoms with Gasteiger partial charge in [-0.2, -0.15) is 0 Å². The molecule has 3 nitrogen and oxygen atoms in total.